The zero-order chi connectivity index (χ0) is 32.3. The molecule has 3 aromatic heterocycles. The summed E-state index contributed by atoms with van der Waals surface area (Å²) in [5.74, 6) is 1.93. The SMILES string of the molecule is c1ccc(-c2nc(-c3ccccc3)nc(-c3ccc(-c4nc5c6sc7ccccc7c6c6ccccc6c5c5ccccc45)cc3)n2)cc1. The van der Waals surface area contributed by atoms with E-state index >= 15 is 0 Å². The Hall–Kier alpha value is -6.30. The second-order valence-electron chi connectivity index (χ2n) is 12.2. The summed E-state index contributed by atoms with van der Waals surface area (Å²) >= 11 is 1.83. The quantitative estimate of drug-likeness (QED) is 0.179. The van der Waals surface area contributed by atoms with Crippen LogP contribution in [0.2, 0.25) is 0 Å². The Morgan fingerprint density at radius 1 is 0.327 bits per heavy atom. The zero-order valence-electron chi connectivity index (χ0n) is 26.2. The highest BCUT2D eigenvalue weighted by atomic mass is 32.1. The van der Waals surface area contributed by atoms with Crippen molar-refractivity contribution in [3.05, 3.63) is 158 Å². The summed E-state index contributed by atoms with van der Waals surface area (Å²) in [5.41, 5.74) is 5.88. The van der Waals surface area contributed by atoms with E-state index in [1.807, 2.05) is 72.0 Å². The number of fused-ring (bicyclic) bond motifs is 10. The summed E-state index contributed by atoms with van der Waals surface area (Å²) < 4.78 is 2.50. The zero-order valence-corrected chi connectivity index (χ0v) is 27.0. The molecule has 0 aliphatic rings. The number of benzene rings is 7. The van der Waals surface area contributed by atoms with E-state index in [4.69, 9.17) is 19.9 Å². The lowest BCUT2D eigenvalue weighted by atomic mass is 9.94. The van der Waals surface area contributed by atoms with E-state index in [1.165, 1.54) is 41.7 Å². The van der Waals surface area contributed by atoms with Crippen LogP contribution in [0.1, 0.15) is 0 Å². The van der Waals surface area contributed by atoms with Crippen LogP contribution in [-0.4, -0.2) is 19.9 Å². The first-order valence-corrected chi connectivity index (χ1v) is 17.1. The van der Waals surface area contributed by atoms with Gasteiger partial charge in [-0.3, -0.25) is 0 Å². The lowest BCUT2D eigenvalue weighted by molar-refractivity contribution is 1.07. The number of pyridine rings is 1. The molecular formula is C44H26N4S. The topological polar surface area (TPSA) is 51.6 Å². The van der Waals surface area contributed by atoms with E-state index in [0.29, 0.717) is 17.5 Å². The first kappa shape index (κ1) is 27.8. The Labute approximate surface area is 286 Å². The largest absolute Gasteiger partial charge is 0.246 e. The predicted molar refractivity (Wildman–Crippen MR) is 205 cm³/mol. The first-order valence-electron chi connectivity index (χ1n) is 16.3. The third-order valence-corrected chi connectivity index (χ3v) is 10.5. The van der Waals surface area contributed by atoms with E-state index in [1.54, 1.807) is 0 Å². The normalized spacial score (nSPS) is 11.7. The Morgan fingerprint density at radius 2 is 0.755 bits per heavy atom. The molecule has 228 valence electrons. The van der Waals surface area contributed by atoms with Crippen molar-refractivity contribution < 1.29 is 0 Å². The number of rotatable bonds is 4. The fourth-order valence-electron chi connectivity index (χ4n) is 7.03. The van der Waals surface area contributed by atoms with Crippen LogP contribution in [0.5, 0.6) is 0 Å². The summed E-state index contributed by atoms with van der Waals surface area (Å²) in [6.45, 7) is 0. The number of hydrogen-bond acceptors (Lipinski definition) is 5. The fourth-order valence-corrected chi connectivity index (χ4v) is 8.25. The highest BCUT2D eigenvalue weighted by molar-refractivity contribution is 7.27. The maximum Gasteiger partial charge on any atom is 0.164 e. The Bertz CT molecular complexity index is 2800. The van der Waals surface area contributed by atoms with Crippen LogP contribution in [0.15, 0.2) is 158 Å². The highest BCUT2D eigenvalue weighted by Crippen LogP contribution is 2.46. The average molecular weight is 643 g/mol. The standard InChI is InChI=1S/C44H26N4S/c1-3-13-28(14-4-1)42-46-43(29-15-5-2-6-16-29)48-44(47-42)30-25-23-27(24-26-30)39-34-20-10-9-19-33(34)37-31-17-7-8-18-32(31)38-35-21-11-12-22-36(35)49-41(38)40(37)45-39/h1-26H. The molecule has 0 amide bonds. The van der Waals surface area contributed by atoms with Gasteiger partial charge in [0.15, 0.2) is 17.5 Å². The van der Waals surface area contributed by atoms with Gasteiger partial charge < -0.3 is 0 Å². The predicted octanol–water partition coefficient (Wildman–Crippen LogP) is 11.8. The number of hydrogen-bond donors (Lipinski definition) is 0. The molecule has 0 aliphatic carbocycles. The second kappa shape index (κ2) is 11.2. The van der Waals surface area contributed by atoms with Crippen LogP contribution in [0, 0.1) is 0 Å². The molecule has 10 aromatic rings. The molecule has 0 saturated carbocycles. The minimum absolute atomic E-state index is 0.633. The van der Waals surface area contributed by atoms with Gasteiger partial charge in [-0.05, 0) is 22.2 Å². The van der Waals surface area contributed by atoms with Crippen molar-refractivity contribution in [3.8, 4) is 45.4 Å². The molecule has 7 aromatic carbocycles. The van der Waals surface area contributed by atoms with Crippen LogP contribution in [0.4, 0.5) is 0 Å². The Morgan fingerprint density at radius 3 is 1.35 bits per heavy atom. The minimum atomic E-state index is 0.633. The van der Waals surface area contributed by atoms with Gasteiger partial charge in [0.25, 0.3) is 0 Å². The van der Waals surface area contributed by atoms with Crippen molar-refractivity contribution in [1.29, 1.82) is 0 Å². The number of thiophene rings is 1. The molecule has 5 heteroatoms. The van der Waals surface area contributed by atoms with Crippen molar-refractivity contribution in [2.45, 2.75) is 0 Å². The molecule has 0 aliphatic heterocycles. The van der Waals surface area contributed by atoms with Gasteiger partial charge in [0.05, 0.1) is 15.9 Å². The van der Waals surface area contributed by atoms with Gasteiger partial charge in [0, 0.05) is 48.5 Å². The van der Waals surface area contributed by atoms with Crippen molar-refractivity contribution in [2.75, 3.05) is 0 Å². The highest BCUT2D eigenvalue weighted by Gasteiger charge is 2.20. The second-order valence-corrected chi connectivity index (χ2v) is 13.2. The van der Waals surface area contributed by atoms with Crippen molar-refractivity contribution in [3.63, 3.8) is 0 Å². The lowest BCUT2D eigenvalue weighted by Gasteiger charge is -2.14. The van der Waals surface area contributed by atoms with Gasteiger partial charge in [-0.15, -0.1) is 11.3 Å². The number of nitrogens with zero attached hydrogens (tertiary/aromatic N) is 4. The molecule has 0 bridgehead atoms. The van der Waals surface area contributed by atoms with Crippen LogP contribution in [0.3, 0.4) is 0 Å². The van der Waals surface area contributed by atoms with Crippen LogP contribution in [-0.2, 0) is 0 Å². The molecule has 0 unspecified atom stereocenters. The molecule has 4 nitrogen and oxygen atoms in total. The minimum Gasteiger partial charge on any atom is -0.246 e. The van der Waals surface area contributed by atoms with E-state index < -0.39 is 0 Å². The molecule has 0 N–H and O–H groups in total. The van der Waals surface area contributed by atoms with Gasteiger partial charge in [-0.2, -0.15) is 0 Å². The maximum absolute atomic E-state index is 5.53. The van der Waals surface area contributed by atoms with Crippen molar-refractivity contribution in [1.82, 2.24) is 19.9 Å². The van der Waals surface area contributed by atoms with Crippen LogP contribution >= 0.6 is 11.3 Å². The monoisotopic (exact) mass is 642 g/mol. The lowest BCUT2D eigenvalue weighted by Crippen LogP contribution is -2.00. The molecule has 0 saturated heterocycles. The van der Waals surface area contributed by atoms with Gasteiger partial charge in [-0.25, -0.2) is 19.9 Å². The first-order chi connectivity index (χ1) is 24.3. The molecule has 0 radical (unpaired) electrons. The van der Waals surface area contributed by atoms with Crippen molar-refractivity contribution >= 4 is 64.0 Å². The Balaban J connectivity index is 1.18. The molecule has 0 atom stereocenters. The van der Waals surface area contributed by atoms with Gasteiger partial charge in [0.1, 0.15) is 0 Å². The Kier molecular flexibility index (Phi) is 6.32. The van der Waals surface area contributed by atoms with Crippen molar-refractivity contribution in [2.24, 2.45) is 0 Å². The summed E-state index contributed by atoms with van der Waals surface area (Å²) in [6.07, 6.45) is 0. The summed E-state index contributed by atoms with van der Waals surface area (Å²) in [4.78, 5) is 20.3. The van der Waals surface area contributed by atoms with Gasteiger partial charge in [-0.1, -0.05) is 152 Å². The third kappa shape index (κ3) is 4.51. The molecule has 3 heterocycles. The third-order valence-electron chi connectivity index (χ3n) is 9.30. The maximum atomic E-state index is 5.53. The summed E-state index contributed by atoms with van der Waals surface area (Å²) in [5, 5.41) is 8.61. The van der Waals surface area contributed by atoms with E-state index in [9.17, 15) is 0 Å². The van der Waals surface area contributed by atoms with Gasteiger partial charge >= 0.3 is 0 Å². The van der Waals surface area contributed by atoms with Crippen LogP contribution < -0.4 is 0 Å². The smallest absolute Gasteiger partial charge is 0.164 e. The fraction of sp³-hybridized carbons (Fsp3) is 0. The van der Waals surface area contributed by atoms with Crippen LogP contribution in [0.25, 0.3) is 98.0 Å². The van der Waals surface area contributed by atoms with E-state index in [0.717, 1.165) is 38.9 Å². The molecule has 10 rings (SSSR count). The summed E-state index contributed by atoms with van der Waals surface area (Å²) in [7, 11) is 0. The average Bonchev–Trinajstić information content (AvgIpc) is 3.58. The molecule has 49 heavy (non-hydrogen) atoms. The molecular weight excluding hydrogens is 617 g/mol. The van der Waals surface area contributed by atoms with Gasteiger partial charge in [0.2, 0.25) is 0 Å². The van der Waals surface area contributed by atoms with E-state index in [2.05, 4.69) is 97.1 Å². The summed E-state index contributed by atoms with van der Waals surface area (Å²) in [6, 6.07) is 54.8. The number of aromatic nitrogens is 4. The molecule has 0 fully saturated rings. The van der Waals surface area contributed by atoms with E-state index in [-0.39, 0.29) is 0 Å². The molecule has 0 spiro atoms.